The second-order valence-corrected chi connectivity index (χ2v) is 6.90. The molecule has 0 aromatic carbocycles. The molecule has 1 aromatic heterocycles. The van der Waals surface area contributed by atoms with Crippen LogP contribution in [-0.2, 0) is 14.3 Å². The van der Waals surface area contributed by atoms with Crippen LogP contribution < -0.4 is 5.73 Å². The average Bonchev–Trinajstić information content (AvgIpc) is 2.83. The quantitative estimate of drug-likeness (QED) is 0.817. The zero-order valence-electron chi connectivity index (χ0n) is 12.3. The number of nitrogens with two attached hydrogens (primary N) is 1. The van der Waals surface area contributed by atoms with E-state index < -0.39 is 29.7 Å². The molecule has 1 aliphatic heterocycles. The Morgan fingerprint density at radius 1 is 1.52 bits per heavy atom. The van der Waals surface area contributed by atoms with Crippen LogP contribution in [0.3, 0.4) is 0 Å². The molecule has 3 N–H and O–H groups in total. The van der Waals surface area contributed by atoms with Crippen molar-refractivity contribution in [2.45, 2.75) is 38.6 Å². The normalized spacial score (nSPS) is 24.2. The third-order valence-corrected chi connectivity index (χ3v) is 4.04. The number of thiophene rings is 1. The lowest BCUT2D eigenvalue weighted by atomic mass is 9.91. The number of likely N-dealkylation sites (tertiary alicyclic amines) is 1. The number of carboxylic acid groups (broad SMARTS) is 1. The van der Waals surface area contributed by atoms with Crippen LogP contribution >= 0.6 is 11.3 Å². The SMILES string of the molecule is CC(C)(C)OC(=O)[C@@H]1CN([C@H](C(=O)O)c2ccsc2)[C@H]1N. The van der Waals surface area contributed by atoms with Crippen molar-refractivity contribution in [2.24, 2.45) is 11.7 Å². The molecule has 3 atom stereocenters. The van der Waals surface area contributed by atoms with Crippen molar-refractivity contribution in [3.63, 3.8) is 0 Å². The molecule has 0 amide bonds. The minimum atomic E-state index is -0.966. The molecule has 2 rings (SSSR count). The molecule has 0 aliphatic carbocycles. The molecular formula is C14H20N2O4S. The van der Waals surface area contributed by atoms with Crippen molar-refractivity contribution >= 4 is 23.3 Å². The van der Waals surface area contributed by atoms with Gasteiger partial charge in [0.05, 0.1) is 12.1 Å². The molecule has 0 radical (unpaired) electrons. The van der Waals surface area contributed by atoms with Crippen molar-refractivity contribution in [1.29, 1.82) is 0 Å². The summed E-state index contributed by atoms with van der Waals surface area (Å²) in [5.74, 6) is -1.82. The van der Waals surface area contributed by atoms with E-state index in [9.17, 15) is 14.7 Å². The molecule has 21 heavy (non-hydrogen) atoms. The Balaban J connectivity index is 2.05. The summed E-state index contributed by atoms with van der Waals surface area (Å²) in [4.78, 5) is 25.1. The van der Waals surface area contributed by atoms with Crippen LogP contribution in [-0.4, -0.2) is 40.3 Å². The molecule has 0 saturated carbocycles. The molecule has 2 heterocycles. The number of hydrogen-bond acceptors (Lipinski definition) is 6. The summed E-state index contributed by atoms with van der Waals surface area (Å²) in [7, 11) is 0. The van der Waals surface area contributed by atoms with Gasteiger partial charge < -0.3 is 15.6 Å². The summed E-state index contributed by atoms with van der Waals surface area (Å²) in [5.41, 5.74) is 6.11. The van der Waals surface area contributed by atoms with Gasteiger partial charge in [0, 0.05) is 6.54 Å². The molecular weight excluding hydrogens is 292 g/mol. The zero-order valence-corrected chi connectivity index (χ0v) is 13.1. The lowest BCUT2D eigenvalue weighted by Crippen LogP contribution is -2.66. The van der Waals surface area contributed by atoms with Crippen LogP contribution in [0, 0.1) is 5.92 Å². The Hall–Kier alpha value is -1.44. The predicted octanol–water partition coefficient (Wildman–Crippen LogP) is 1.43. The van der Waals surface area contributed by atoms with Gasteiger partial charge in [0.25, 0.3) is 0 Å². The summed E-state index contributed by atoms with van der Waals surface area (Å²) >= 11 is 1.43. The Morgan fingerprint density at radius 3 is 2.62 bits per heavy atom. The van der Waals surface area contributed by atoms with E-state index in [1.54, 1.807) is 37.1 Å². The van der Waals surface area contributed by atoms with E-state index in [0.29, 0.717) is 12.1 Å². The standard InChI is InChI=1S/C14H20N2O4S/c1-14(2,3)20-13(19)9-6-16(11(9)15)10(12(17)18)8-4-5-21-7-8/h4-5,7,9-11H,6,15H2,1-3H3,(H,17,18)/t9-,10+,11-/m1/s1. The summed E-state index contributed by atoms with van der Waals surface area (Å²) in [6, 6.07) is 0.946. The fourth-order valence-electron chi connectivity index (χ4n) is 2.33. The number of ether oxygens (including phenoxy) is 1. The minimum absolute atomic E-state index is 0.295. The lowest BCUT2D eigenvalue weighted by Gasteiger charge is -2.47. The van der Waals surface area contributed by atoms with Crippen molar-refractivity contribution < 1.29 is 19.4 Å². The fourth-order valence-corrected chi connectivity index (χ4v) is 3.00. The molecule has 6 nitrogen and oxygen atoms in total. The molecule has 1 aromatic rings. The van der Waals surface area contributed by atoms with E-state index in [2.05, 4.69) is 0 Å². The van der Waals surface area contributed by atoms with Crippen molar-refractivity contribution in [1.82, 2.24) is 4.90 Å². The molecule has 0 bridgehead atoms. The highest BCUT2D eigenvalue weighted by Crippen LogP contribution is 2.34. The fraction of sp³-hybridized carbons (Fsp3) is 0.571. The van der Waals surface area contributed by atoms with Gasteiger partial charge in [-0.3, -0.25) is 14.5 Å². The minimum Gasteiger partial charge on any atom is -0.480 e. The first-order chi connectivity index (χ1) is 9.70. The maximum Gasteiger partial charge on any atom is 0.325 e. The molecule has 7 heteroatoms. The van der Waals surface area contributed by atoms with Crippen LogP contribution in [0.25, 0.3) is 0 Å². The predicted molar refractivity (Wildman–Crippen MR) is 78.7 cm³/mol. The van der Waals surface area contributed by atoms with Gasteiger partial charge in [-0.05, 0) is 43.2 Å². The Kier molecular flexibility index (Phi) is 4.36. The topological polar surface area (TPSA) is 92.9 Å². The third-order valence-electron chi connectivity index (χ3n) is 3.34. The number of carbonyl (C=O) groups is 2. The Labute approximate surface area is 127 Å². The van der Waals surface area contributed by atoms with Crippen molar-refractivity contribution in [3.8, 4) is 0 Å². The van der Waals surface area contributed by atoms with Gasteiger partial charge in [0.2, 0.25) is 0 Å². The highest BCUT2D eigenvalue weighted by Gasteiger charge is 2.48. The smallest absolute Gasteiger partial charge is 0.325 e. The Morgan fingerprint density at radius 2 is 2.19 bits per heavy atom. The van der Waals surface area contributed by atoms with E-state index in [4.69, 9.17) is 10.5 Å². The van der Waals surface area contributed by atoms with Gasteiger partial charge in [0.15, 0.2) is 0 Å². The number of nitrogens with zero attached hydrogens (tertiary/aromatic N) is 1. The van der Waals surface area contributed by atoms with Gasteiger partial charge in [-0.25, -0.2) is 0 Å². The maximum atomic E-state index is 12.0. The summed E-state index contributed by atoms with van der Waals surface area (Å²) < 4.78 is 5.30. The van der Waals surface area contributed by atoms with Gasteiger partial charge in [-0.1, -0.05) is 0 Å². The number of esters is 1. The Bertz CT molecular complexity index is 524. The molecule has 1 fully saturated rings. The van der Waals surface area contributed by atoms with E-state index in [1.807, 2.05) is 5.38 Å². The molecule has 1 saturated heterocycles. The summed E-state index contributed by atoms with van der Waals surface area (Å²) in [6.45, 7) is 5.66. The first-order valence-corrected chi connectivity index (χ1v) is 7.64. The zero-order chi connectivity index (χ0) is 15.8. The number of carbonyl (C=O) groups excluding carboxylic acids is 1. The lowest BCUT2D eigenvalue weighted by molar-refractivity contribution is -0.176. The number of aliphatic carboxylic acids is 1. The van der Waals surface area contributed by atoms with E-state index in [1.165, 1.54) is 11.3 Å². The van der Waals surface area contributed by atoms with E-state index >= 15 is 0 Å². The second-order valence-electron chi connectivity index (χ2n) is 6.12. The van der Waals surface area contributed by atoms with Gasteiger partial charge >= 0.3 is 11.9 Å². The largest absolute Gasteiger partial charge is 0.480 e. The monoisotopic (exact) mass is 312 g/mol. The number of hydrogen-bond donors (Lipinski definition) is 2. The molecule has 1 aliphatic rings. The number of rotatable bonds is 4. The van der Waals surface area contributed by atoms with Crippen LogP contribution in [0.4, 0.5) is 0 Å². The molecule has 0 spiro atoms. The summed E-state index contributed by atoms with van der Waals surface area (Å²) in [6.07, 6.45) is -0.638. The van der Waals surface area contributed by atoms with Crippen molar-refractivity contribution in [2.75, 3.05) is 6.54 Å². The maximum absolute atomic E-state index is 12.0. The average molecular weight is 312 g/mol. The van der Waals surface area contributed by atoms with E-state index in [0.717, 1.165) is 0 Å². The number of carboxylic acids is 1. The summed E-state index contributed by atoms with van der Waals surface area (Å²) in [5, 5.41) is 13.0. The van der Waals surface area contributed by atoms with Gasteiger partial charge in [0.1, 0.15) is 11.6 Å². The van der Waals surface area contributed by atoms with Crippen LogP contribution in [0.2, 0.25) is 0 Å². The van der Waals surface area contributed by atoms with Crippen LogP contribution in [0.5, 0.6) is 0 Å². The van der Waals surface area contributed by atoms with Gasteiger partial charge in [-0.15, -0.1) is 0 Å². The van der Waals surface area contributed by atoms with Gasteiger partial charge in [-0.2, -0.15) is 11.3 Å². The van der Waals surface area contributed by atoms with Crippen molar-refractivity contribution in [3.05, 3.63) is 22.4 Å². The molecule has 0 unspecified atom stereocenters. The first kappa shape index (κ1) is 15.9. The highest BCUT2D eigenvalue weighted by molar-refractivity contribution is 7.08. The van der Waals surface area contributed by atoms with Crippen LogP contribution in [0.15, 0.2) is 16.8 Å². The second kappa shape index (κ2) is 5.75. The van der Waals surface area contributed by atoms with E-state index in [-0.39, 0.29) is 5.97 Å². The molecule has 116 valence electrons. The first-order valence-electron chi connectivity index (χ1n) is 6.70. The third kappa shape index (κ3) is 3.42. The van der Waals surface area contributed by atoms with Crippen LogP contribution in [0.1, 0.15) is 32.4 Å². The highest BCUT2D eigenvalue weighted by atomic mass is 32.1.